The Kier molecular flexibility index (Phi) is 4.55. The Bertz CT molecular complexity index is 1120. The van der Waals surface area contributed by atoms with E-state index in [0.29, 0.717) is 33.2 Å². The Morgan fingerprint density at radius 2 is 2.26 bits per heavy atom. The van der Waals surface area contributed by atoms with Crippen molar-refractivity contribution in [1.29, 1.82) is 0 Å². The second-order valence-electron chi connectivity index (χ2n) is 5.83. The van der Waals surface area contributed by atoms with E-state index < -0.39 is 0 Å². The van der Waals surface area contributed by atoms with Crippen molar-refractivity contribution in [3.05, 3.63) is 59.5 Å². The molecule has 27 heavy (non-hydrogen) atoms. The molecule has 0 aliphatic rings. The topological polar surface area (TPSA) is 79.9 Å². The predicted octanol–water partition coefficient (Wildman–Crippen LogP) is 4.02. The summed E-state index contributed by atoms with van der Waals surface area (Å²) in [6.07, 6.45) is 3.28. The van der Waals surface area contributed by atoms with Crippen LogP contribution in [0.3, 0.4) is 0 Å². The molecule has 2 N–H and O–H groups in total. The number of rotatable bonds is 5. The lowest BCUT2D eigenvalue weighted by atomic mass is 10.1. The van der Waals surface area contributed by atoms with Crippen LogP contribution in [-0.4, -0.2) is 28.0 Å². The summed E-state index contributed by atoms with van der Waals surface area (Å²) in [7, 11) is 1.58. The highest BCUT2D eigenvalue weighted by atomic mass is 32.1. The van der Waals surface area contributed by atoms with E-state index in [1.165, 1.54) is 23.6 Å². The molecule has 0 atom stereocenters. The zero-order chi connectivity index (χ0) is 18.8. The van der Waals surface area contributed by atoms with Crippen LogP contribution in [0.4, 0.5) is 9.52 Å². The fourth-order valence-electron chi connectivity index (χ4n) is 2.80. The molecule has 6 nitrogen and oxygen atoms in total. The Hall–Kier alpha value is -3.26. The number of nitrogens with zero attached hydrogens (tertiary/aromatic N) is 2. The molecule has 4 aromatic rings. The molecule has 3 aromatic heterocycles. The lowest BCUT2D eigenvalue weighted by molar-refractivity contribution is -0.115. The first-order valence-electron chi connectivity index (χ1n) is 8.14. The van der Waals surface area contributed by atoms with E-state index >= 15 is 0 Å². The van der Waals surface area contributed by atoms with Crippen molar-refractivity contribution in [3.63, 3.8) is 0 Å². The summed E-state index contributed by atoms with van der Waals surface area (Å²) in [6.45, 7) is 0. The third kappa shape index (κ3) is 3.52. The van der Waals surface area contributed by atoms with Gasteiger partial charge < -0.3 is 15.0 Å². The molecule has 136 valence electrons. The minimum absolute atomic E-state index is 0.184. The first-order valence-corrected chi connectivity index (χ1v) is 9.02. The van der Waals surface area contributed by atoms with Gasteiger partial charge in [-0.3, -0.25) is 4.79 Å². The number of carbonyl (C=O) groups is 1. The summed E-state index contributed by atoms with van der Waals surface area (Å²) in [5.41, 5.74) is 2.49. The van der Waals surface area contributed by atoms with E-state index in [1.54, 1.807) is 18.7 Å². The Morgan fingerprint density at radius 3 is 3.11 bits per heavy atom. The number of pyridine rings is 1. The highest BCUT2D eigenvalue weighted by molar-refractivity contribution is 7.14. The van der Waals surface area contributed by atoms with E-state index in [2.05, 4.69) is 20.3 Å². The molecule has 0 saturated carbocycles. The number of halogens is 1. The van der Waals surface area contributed by atoms with Gasteiger partial charge in [0.05, 0.1) is 24.6 Å². The maximum absolute atomic E-state index is 14.1. The highest BCUT2D eigenvalue weighted by Gasteiger charge is 2.15. The van der Waals surface area contributed by atoms with Crippen LogP contribution in [0.1, 0.15) is 5.56 Å². The molecule has 4 rings (SSSR count). The first-order chi connectivity index (χ1) is 13.1. The molecule has 0 aliphatic carbocycles. The van der Waals surface area contributed by atoms with Gasteiger partial charge in [0.1, 0.15) is 17.2 Å². The smallest absolute Gasteiger partial charge is 0.230 e. The average molecular weight is 382 g/mol. The molecule has 0 aliphatic heterocycles. The third-order valence-corrected chi connectivity index (χ3v) is 4.81. The summed E-state index contributed by atoms with van der Waals surface area (Å²) in [4.78, 5) is 23.7. The Labute approximate surface area is 158 Å². The van der Waals surface area contributed by atoms with Gasteiger partial charge in [-0.1, -0.05) is 12.1 Å². The van der Waals surface area contributed by atoms with E-state index in [-0.39, 0.29) is 18.1 Å². The van der Waals surface area contributed by atoms with Crippen molar-refractivity contribution in [2.75, 3.05) is 12.4 Å². The lowest BCUT2D eigenvalue weighted by Crippen LogP contribution is -2.14. The number of carbonyl (C=O) groups excluding carboxylic acids is 1. The minimum Gasteiger partial charge on any atom is -0.497 e. The predicted molar refractivity (Wildman–Crippen MR) is 102 cm³/mol. The maximum Gasteiger partial charge on any atom is 0.230 e. The molecule has 8 heteroatoms. The van der Waals surface area contributed by atoms with Gasteiger partial charge in [-0.25, -0.2) is 14.4 Å². The van der Waals surface area contributed by atoms with Crippen molar-refractivity contribution >= 4 is 33.4 Å². The van der Waals surface area contributed by atoms with Crippen LogP contribution in [0.5, 0.6) is 5.75 Å². The second-order valence-corrected chi connectivity index (χ2v) is 6.69. The largest absolute Gasteiger partial charge is 0.497 e. The number of methoxy groups -OCH3 is 1. The molecule has 1 amide bonds. The average Bonchev–Trinajstić information content (AvgIpc) is 3.29. The normalized spacial score (nSPS) is 10.9. The number of nitrogens with one attached hydrogen (secondary N) is 2. The van der Waals surface area contributed by atoms with E-state index in [1.807, 2.05) is 24.3 Å². The van der Waals surface area contributed by atoms with Gasteiger partial charge in [0.15, 0.2) is 5.13 Å². The number of anilines is 1. The molecule has 0 radical (unpaired) electrons. The van der Waals surface area contributed by atoms with E-state index in [9.17, 15) is 9.18 Å². The number of hydrogen-bond donors (Lipinski definition) is 2. The van der Waals surface area contributed by atoms with Crippen molar-refractivity contribution in [2.45, 2.75) is 6.42 Å². The molecule has 0 spiro atoms. The molecular formula is C19H15FN4O2S. The number of fused-ring (bicyclic) bond motifs is 1. The summed E-state index contributed by atoms with van der Waals surface area (Å²) in [6, 6.07) is 8.64. The van der Waals surface area contributed by atoms with Crippen LogP contribution in [0, 0.1) is 5.82 Å². The van der Waals surface area contributed by atoms with Crippen molar-refractivity contribution in [2.24, 2.45) is 0 Å². The van der Waals surface area contributed by atoms with Crippen molar-refractivity contribution in [3.8, 4) is 17.0 Å². The number of aromatic amines is 1. The Morgan fingerprint density at radius 1 is 1.37 bits per heavy atom. The SMILES string of the molecule is COc1cccc(CC(=O)Nc2nc(-c3c[nH]c4nccc(F)c34)cs2)c1. The van der Waals surface area contributed by atoms with Gasteiger partial charge in [0.25, 0.3) is 0 Å². The number of amides is 1. The Balaban J connectivity index is 1.51. The summed E-state index contributed by atoms with van der Waals surface area (Å²) >= 11 is 1.28. The van der Waals surface area contributed by atoms with Gasteiger partial charge >= 0.3 is 0 Å². The van der Waals surface area contributed by atoms with Crippen molar-refractivity contribution in [1.82, 2.24) is 15.0 Å². The van der Waals surface area contributed by atoms with Crippen LogP contribution in [0.15, 0.2) is 48.1 Å². The number of benzene rings is 1. The lowest BCUT2D eigenvalue weighted by Gasteiger charge is -2.04. The number of H-pyrrole nitrogens is 1. The summed E-state index contributed by atoms with van der Waals surface area (Å²) in [5, 5.41) is 5.40. The highest BCUT2D eigenvalue weighted by Crippen LogP contribution is 2.31. The molecule has 3 heterocycles. The van der Waals surface area contributed by atoms with Crippen LogP contribution >= 0.6 is 11.3 Å². The maximum atomic E-state index is 14.1. The standard InChI is InChI=1S/C19H15FN4O2S/c1-26-12-4-2-3-11(7-12)8-16(25)24-19-23-15(10-27-19)13-9-22-18-17(13)14(20)5-6-21-18/h2-7,9-10H,8H2,1H3,(H,21,22)(H,23,24,25). The monoisotopic (exact) mass is 382 g/mol. The van der Waals surface area contributed by atoms with E-state index in [0.717, 1.165) is 5.56 Å². The molecule has 1 aromatic carbocycles. The number of aromatic nitrogens is 3. The van der Waals surface area contributed by atoms with Gasteiger partial charge in [0.2, 0.25) is 5.91 Å². The van der Waals surface area contributed by atoms with Crippen LogP contribution in [0.25, 0.3) is 22.3 Å². The molecule has 0 unspecified atom stereocenters. The quantitative estimate of drug-likeness (QED) is 0.546. The zero-order valence-electron chi connectivity index (χ0n) is 14.3. The van der Waals surface area contributed by atoms with Gasteiger partial charge in [-0.05, 0) is 23.8 Å². The van der Waals surface area contributed by atoms with Gasteiger partial charge in [-0.15, -0.1) is 11.3 Å². The molecule has 0 saturated heterocycles. The third-order valence-electron chi connectivity index (χ3n) is 4.05. The second kappa shape index (κ2) is 7.16. The van der Waals surface area contributed by atoms with Crippen LogP contribution in [0.2, 0.25) is 0 Å². The number of ether oxygens (including phenoxy) is 1. The molecular weight excluding hydrogens is 367 g/mol. The molecule has 0 bridgehead atoms. The molecule has 0 fully saturated rings. The minimum atomic E-state index is -0.368. The van der Waals surface area contributed by atoms with Gasteiger partial charge in [0, 0.05) is 23.3 Å². The van der Waals surface area contributed by atoms with Gasteiger partial charge in [-0.2, -0.15) is 0 Å². The summed E-state index contributed by atoms with van der Waals surface area (Å²) < 4.78 is 19.3. The number of hydrogen-bond acceptors (Lipinski definition) is 5. The first kappa shape index (κ1) is 17.2. The summed E-state index contributed by atoms with van der Waals surface area (Å²) in [5.74, 6) is 0.149. The fraction of sp³-hybridized carbons (Fsp3) is 0.105. The van der Waals surface area contributed by atoms with Crippen LogP contribution < -0.4 is 10.1 Å². The van der Waals surface area contributed by atoms with Crippen molar-refractivity contribution < 1.29 is 13.9 Å². The van der Waals surface area contributed by atoms with E-state index in [4.69, 9.17) is 4.74 Å². The van der Waals surface area contributed by atoms with Crippen LogP contribution in [-0.2, 0) is 11.2 Å². The fourth-order valence-corrected chi connectivity index (χ4v) is 3.53. The zero-order valence-corrected chi connectivity index (χ0v) is 15.1. The number of thiazole rings is 1.